The van der Waals surface area contributed by atoms with E-state index >= 15 is 0 Å². The second-order valence-corrected chi connectivity index (χ2v) is 8.13. The molecule has 6 heteroatoms. The highest BCUT2D eigenvalue weighted by Gasteiger charge is 2.41. The first kappa shape index (κ1) is 22.4. The third-order valence-electron chi connectivity index (χ3n) is 5.37. The van der Waals surface area contributed by atoms with Crippen LogP contribution in [0.4, 0.5) is 0 Å². The Bertz CT molecular complexity index is 526. The topological polar surface area (TPSA) is 99.2 Å². The van der Waals surface area contributed by atoms with Crippen molar-refractivity contribution in [3.8, 4) is 6.07 Å². The molecule has 147 valence electrons. The van der Waals surface area contributed by atoms with E-state index in [1.807, 2.05) is 0 Å². The van der Waals surface area contributed by atoms with Crippen molar-refractivity contribution in [2.75, 3.05) is 13.1 Å². The number of nitrogens with zero attached hydrogens (tertiary/aromatic N) is 2. The van der Waals surface area contributed by atoms with Crippen LogP contribution in [0.5, 0.6) is 0 Å². The van der Waals surface area contributed by atoms with E-state index in [-0.39, 0.29) is 12.3 Å². The van der Waals surface area contributed by atoms with Crippen LogP contribution >= 0.6 is 0 Å². The third-order valence-corrected chi connectivity index (χ3v) is 5.37. The van der Waals surface area contributed by atoms with Crippen LogP contribution in [0.2, 0.25) is 0 Å². The van der Waals surface area contributed by atoms with Crippen LogP contribution in [0.1, 0.15) is 72.6 Å². The second-order valence-electron chi connectivity index (χ2n) is 8.13. The molecule has 0 bridgehead atoms. The van der Waals surface area contributed by atoms with Gasteiger partial charge in [-0.2, -0.15) is 5.26 Å². The summed E-state index contributed by atoms with van der Waals surface area (Å²) >= 11 is 0. The van der Waals surface area contributed by atoms with E-state index in [1.54, 1.807) is 13.8 Å². The number of unbranched alkanes of at least 4 members (excludes halogenated alkanes) is 1. The molecule has 2 amide bonds. The van der Waals surface area contributed by atoms with Crippen molar-refractivity contribution >= 4 is 11.8 Å². The van der Waals surface area contributed by atoms with Gasteiger partial charge in [0.15, 0.2) is 0 Å². The maximum Gasteiger partial charge on any atom is 0.225 e. The van der Waals surface area contributed by atoms with E-state index in [0.29, 0.717) is 18.9 Å². The van der Waals surface area contributed by atoms with Crippen LogP contribution in [0, 0.1) is 23.2 Å². The number of hydrogen-bond donors (Lipinski definition) is 2. The van der Waals surface area contributed by atoms with Crippen molar-refractivity contribution in [3.63, 3.8) is 0 Å². The van der Waals surface area contributed by atoms with Gasteiger partial charge >= 0.3 is 0 Å². The molecule has 0 aromatic rings. The van der Waals surface area contributed by atoms with Crippen molar-refractivity contribution in [1.82, 2.24) is 10.2 Å². The molecule has 1 aliphatic rings. The molecule has 2 unspecified atom stereocenters. The first-order valence-electron chi connectivity index (χ1n) is 9.80. The number of primary amides is 1. The molecule has 1 rings (SSSR count). The smallest absolute Gasteiger partial charge is 0.225 e. The Morgan fingerprint density at radius 1 is 1.38 bits per heavy atom. The Kier molecular flexibility index (Phi) is 8.55. The van der Waals surface area contributed by atoms with Gasteiger partial charge in [-0.05, 0) is 38.6 Å². The van der Waals surface area contributed by atoms with E-state index in [0.717, 1.165) is 38.8 Å². The van der Waals surface area contributed by atoms with Crippen molar-refractivity contribution in [2.24, 2.45) is 11.1 Å². The van der Waals surface area contributed by atoms with Crippen LogP contribution < -0.4 is 11.1 Å². The highest BCUT2D eigenvalue weighted by atomic mass is 16.2. The van der Waals surface area contributed by atoms with Gasteiger partial charge in [-0.25, -0.2) is 0 Å². The number of carbonyl (C=O) groups is 2. The molecule has 1 radical (unpaired) electrons. The van der Waals surface area contributed by atoms with E-state index in [2.05, 4.69) is 30.1 Å². The molecule has 2 atom stereocenters. The zero-order valence-electron chi connectivity index (χ0n) is 16.8. The zero-order chi connectivity index (χ0) is 19.8. The summed E-state index contributed by atoms with van der Waals surface area (Å²) in [5.41, 5.74) is 3.75. The molecule has 6 nitrogen and oxygen atoms in total. The summed E-state index contributed by atoms with van der Waals surface area (Å²) in [6, 6.07) is 2.69. The summed E-state index contributed by atoms with van der Waals surface area (Å²) in [6.45, 7) is 9.61. The molecule has 0 saturated carbocycles. The van der Waals surface area contributed by atoms with Crippen LogP contribution in [0.3, 0.4) is 0 Å². The summed E-state index contributed by atoms with van der Waals surface area (Å²) in [7, 11) is 0. The minimum Gasteiger partial charge on any atom is -0.369 e. The van der Waals surface area contributed by atoms with Crippen molar-refractivity contribution in [1.29, 1.82) is 5.26 Å². The summed E-state index contributed by atoms with van der Waals surface area (Å²) in [5, 5.41) is 12.7. The standard InChI is InChI=1S/C20H35N4O2/c1-5-7-8-16-14-20(15-21,11-13-24(16)12-6-2)23-17(25)9-10-19(3,4)18(22)26/h9,16H,5-8,10-14H2,1-4H3,(H2,22,26)(H,23,25). The monoisotopic (exact) mass is 363 g/mol. The second kappa shape index (κ2) is 9.91. The predicted octanol–water partition coefficient (Wildman–Crippen LogP) is 2.54. The maximum atomic E-state index is 12.4. The number of hydrogen-bond acceptors (Lipinski definition) is 4. The first-order chi connectivity index (χ1) is 12.2. The summed E-state index contributed by atoms with van der Waals surface area (Å²) < 4.78 is 0. The molecule has 0 spiro atoms. The Morgan fingerprint density at radius 3 is 2.62 bits per heavy atom. The maximum absolute atomic E-state index is 12.4. The fourth-order valence-corrected chi connectivity index (χ4v) is 3.43. The summed E-state index contributed by atoms with van der Waals surface area (Å²) in [4.78, 5) is 26.2. The average Bonchev–Trinajstić information content (AvgIpc) is 2.60. The molecule has 26 heavy (non-hydrogen) atoms. The van der Waals surface area contributed by atoms with E-state index in [9.17, 15) is 14.9 Å². The van der Waals surface area contributed by atoms with Gasteiger partial charge in [-0.1, -0.05) is 40.5 Å². The molecule has 0 aliphatic carbocycles. The van der Waals surface area contributed by atoms with Crippen LogP contribution in [0.25, 0.3) is 0 Å². The first-order valence-corrected chi connectivity index (χ1v) is 9.80. The molecule has 3 N–H and O–H groups in total. The normalized spacial score (nSPS) is 24.0. The zero-order valence-corrected chi connectivity index (χ0v) is 16.8. The number of carbonyl (C=O) groups excluding carboxylic acids is 2. The Morgan fingerprint density at radius 2 is 2.08 bits per heavy atom. The van der Waals surface area contributed by atoms with E-state index < -0.39 is 16.9 Å². The SMILES string of the molecule is CCCCC1CC(C#N)(NC(=O)[CH]CC(C)(C)C(N)=O)CCN1CCC. The summed E-state index contributed by atoms with van der Waals surface area (Å²) in [6.07, 6.45) is 7.38. The number of amides is 2. The fourth-order valence-electron chi connectivity index (χ4n) is 3.43. The Hall–Kier alpha value is -1.61. The van der Waals surface area contributed by atoms with Crippen molar-refractivity contribution in [2.45, 2.75) is 84.2 Å². The lowest BCUT2D eigenvalue weighted by Crippen LogP contribution is -2.58. The third kappa shape index (κ3) is 6.28. The molecule has 0 aromatic heterocycles. The van der Waals surface area contributed by atoms with Crippen LogP contribution in [0.15, 0.2) is 0 Å². The molecular formula is C20H35N4O2. The molecule has 0 aromatic carbocycles. The lowest BCUT2D eigenvalue weighted by Gasteiger charge is -2.44. The van der Waals surface area contributed by atoms with Crippen molar-refractivity contribution in [3.05, 3.63) is 6.42 Å². The molecule has 1 saturated heterocycles. The van der Waals surface area contributed by atoms with Gasteiger partial charge in [0, 0.05) is 18.0 Å². The molecule has 1 heterocycles. The van der Waals surface area contributed by atoms with E-state index in [4.69, 9.17) is 5.73 Å². The number of likely N-dealkylation sites (tertiary alicyclic amines) is 1. The number of nitrogens with one attached hydrogen (secondary N) is 1. The number of nitriles is 1. The van der Waals surface area contributed by atoms with E-state index in [1.165, 1.54) is 6.42 Å². The van der Waals surface area contributed by atoms with Gasteiger partial charge < -0.3 is 16.0 Å². The number of nitrogens with two attached hydrogens (primary N) is 1. The Balaban J connectivity index is 2.73. The summed E-state index contributed by atoms with van der Waals surface area (Å²) in [5.74, 6) is -0.733. The highest BCUT2D eigenvalue weighted by molar-refractivity contribution is 5.87. The van der Waals surface area contributed by atoms with Gasteiger partial charge in [0.1, 0.15) is 5.54 Å². The highest BCUT2D eigenvalue weighted by Crippen LogP contribution is 2.30. The number of piperidine rings is 1. The largest absolute Gasteiger partial charge is 0.369 e. The van der Waals surface area contributed by atoms with Crippen LogP contribution in [-0.4, -0.2) is 41.4 Å². The lowest BCUT2D eigenvalue weighted by atomic mass is 9.81. The van der Waals surface area contributed by atoms with Gasteiger partial charge in [0.05, 0.1) is 12.5 Å². The quantitative estimate of drug-likeness (QED) is 0.623. The fraction of sp³-hybridized carbons (Fsp3) is 0.800. The molecule has 1 fully saturated rings. The van der Waals surface area contributed by atoms with Gasteiger partial charge in [-0.15, -0.1) is 0 Å². The molecular weight excluding hydrogens is 328 g/mol. The Labute approximate surface area is 158 Å². The molecule has 1 aliphatic heterocycles. The predicted molar refractivity (Wildman–Crippen MR) is 103 cm³/mol. The lowest BCUT2D eigenvalue weighted by molar-refractivity contribution is -0.126. The van der Waals surface area contributed by atoms with Crippen molar-refractivity contribution < 1.29 is 9.59 Å². The van der Waals surface area contributed by atoms with Crippen LogP contribution in [-0.2, 0) is 9.59 Å². The van der Waals surface area contributed by atoms with Gasteiger partial charge in [0.25, 0.3) is 0 Å². The van der Waals surface area contributed by atoms with Gasteiger partial charge in [-0.3, -0.25) is 9.59 Å². The number of rotatable bonds is 10. The minimum atomic E-state index is -0.826. The minimum absolute atomic E-state index is 0.261. The van der Waals surface area contributed by atoms with Gasteiger partial charge in [0.2, 0.25) is 11.8 Å². The average molecular weight is 364 g/mol.